The lowest BCUT2D eigenvalue weighted by molar-refractivity contribution is 0.100. The van der Waals surface area contributed by atoms with Crippen molar-refractivity contribution >= 4 is 58.0 Å². The molecular weight excluding hydrogens is 653 g/mol. The standard InChI is InChI=1S/C18H16Cl2O3.C15H12Cl2O3.FH.H2/c1-3-8-22-17-7-5-13(12(2)21)9-18(17)23-11-14-4-6-15(19)10-16(14)20;1-9(18)10-3-5-14(19)15(6-10)20-8-11-2-4-12(16)7-13(11)17;;/h3-7,9-10H,1,8,11H2,2H3;2-7,19H,8H2,1H3;2*1H/i;;;1+2. The molecule has 0 heterocycles. The van der Waals surface area contributed by atoms with Gasteiger partial charge >= 0.3 is 0 Å². The molecule has 4 aromatic carbocycles. The van der Waals surface area contributed by atoms with E-state index in [9.17, 15) is 14.7 Å². The van der Waals surface area contributed by atoms with Gasteiger partial charge in [-0.2, -0.15) is 0 Å². The first kappa shape index (κ1) is 36.4. The number of hydrogen-bond donors (Lipinski definition) is 1. The van der Waals surface area contributed by atoms with Crippen LogP contribution in [-0.2, 0) is 13.2 Å². The normalized spacial score (nSPS) is 10.0. The summed E-state index contributed by atoms with van der Waals surface area (Å²) in [6, 6.07) is 19.8. The minimum Gasteiger partial charge on any atom is -0.504 e. The Morgan fingerprint density at radius 2 is 1.18 bits per heavy atom. The molecule has 0 aromatic heterocycles. The molecule has 0 amide bonds. The highest BCUT2D eigenvalue weighted by atomic mass is 35.5. The first-order valence-corrected chi connectivity index (χ1v) is 14.4. The number of ether oxygens (including phenoxy) is 3. The first-order chi connectivity index (χ1) is 20.5. The fraction of sp³-hybridized carbons (Fsp3) is 0.152. The van der Waals surface area contributed by atoms with Crippen LogP contribution in [0.4, 0.5) is 4.70 Å². The molecule has 0 atom stereocenters. The zero-order valence-corrected chi connectivity index (χ0v) is 26.8. The summed E-state index contributed by atoms with van der Waals surface area (Å²) in [4.78, 5) is 22.8. The van der Waals surface area contributed by atoms with E-state index in [0.29, 0.717) is 49.3 Å². The molecule has 6 nitrogen and oxygen atoms in total. The van der Waals surface area contributed by atoms with Crippen molar-refractivity contribution in [1.29, 1.82) is 0 Å². The van der Waals surface area contributed by atoms with E-state index >= 15 is 0 Å². The molecule has 0 aliphatic heterocycles. The number of phenols is 1. The number of rotatable bonds is 11. The molecule has 234 valence electrons. The number of aromatic hydroxyl groups is 1. The van der Waals surface area contributed by atoms with Crippen LogP contribution in [0, 0.1) is 0 Å². The van der Waals surface area contributed by atoms with Gasteiger partial charge in [-0.1, -0.05) is 71.2 Å². The molecule has 0 bridgehead atoms. The van der Waals surface area contributed by atoms with E-state index in [1.165, 1.54) is 26.0 Å². The Morgan fingerprint density at radius 1 is 0.705 bits per heavy atom. The van der Waals surface area contributed by atoms with Crippen LogP contribution < -0.4 is 14.2 Å². The summed E-state index contributed by atoms with van der Waals surface area (Å²) >= 11 is 23.9. The van der Waals surface area contributed by atoms with Gasteiger partial charge in [0, 0.05) is 43.8 Å². The highest BCUT2D eigenvalue weighted by molar-refractivity contribution is 6.35. The molecule has 4 aromatic rings. The Balaban J connectivity index is 0.000000434. The molecule has 1 N–H and O–H groups in total. The number of Topliss-reactive ketones (excluding diaryl/α,β-unsaturated/α-hetero) is 2. The summed E-state index contributed by atoms with van der Waals surface area (Å²) in [5.74, 6) is 1.09. The number of ketones is 2. The summed E-state index contributed by atoms with van der Waals surface area (Å²) in [6.45, 7) is 7.32. The lowest BCUT2D eigenvalue weighted by Gasteiger charge is -2.13. The van der Waals surface area contributed by atoms with Gasteiger partial charge in [-0.15, -0.1) is 0 Å². The van der Waals surface area contributed by atoms with Gasteiger partial charge in [-0.3, -0.25) is 14.3 Å². The molecule has 11 heteroatoms. The molecule has 0 spiro atoms. The maximum atomic E-state index is 11.5. The van der Waals surface area contributed by atoms with Gasteiger partial charge in [0.2, 0.25) is 0 Å². The fourth-order valence-corrected chi connectivity index (χ4v) is 4.47. The molecule has 0 saturated heterocycles. The quantitative estimate of drug-likeness (QED) is 0.125. The van der Waals surface area contributed by atoms with Crippen LogP contribution in [0.5, 0.6) is 23.0 Å². The van der Waals surface area contributed by atoms with Crippen LogP contribution >= 0.6 is 46.4 Å². The van der Waals surface area contributed by atoms with E-state index in [1.807, 2.05) is 0 Å². The Morgan fingerprint density at radius 3 is 1.66 bits per heavy atom. The van der Waals surface area contributed by atoms with Gasteiger partial charge in [-0.05, 0) is 74.5 Å². The Hall–Kier alpha value is -3.75. The van der Waals surface area contributed by atoms with Gasteiger partial charge in [0.15, 0.2) is 34.6 Å². The van der Waals surface area contributed by atoms with Gasteiger partial charge in [0.25, 0.3) is 0 Å². The van der Waals surface area contributed by atoms with Gasteiger partial charge in [0.05, 0.1) is 0 Å². The summed E-state index contributed by atoms with van der Waals surface area (Å²) < 4.78 is 16.8. The predicted octanol–water partition coefficient (Wildman–Crippen LogP) is 10.2. The average Bonchev–Trinajstić information content (AvgIpc) is 2.96. The predicted molar refractivity (Wildman–Crippen MR) is 176 cm³/mol. The molecule has 0 fully saturated rings. The van der Waals surface area contributed by atoms with Crippen molar-refractivity contribution in [1.82, 2.24) is 0 Å². The number of carbonyl (C=O) groups is 2. The summed E-state index contributed by atoms with van der Waals surface area (Å²) in [5, 5.41) is 11.8. The van der Waals surface area contributed by atoms with Crippen LogP contribution in [-0.4, -0.2) is 23.3 Å². The molecule has 0 saturated carbocycles. The smallest absolute Gasteiger partial charge is 0.162 e. The van der Waals surface area contributed by atoms with E-state index in [4.69, 9.17) is 60.6 Å². The first-order valence-electron chi connectivity index (χ1n) is 12.8. The Labute approximate surface area is 276 Å². The van der Waals surface area contributed by atoms with Crippen LogP contribution in [0.25, 0.3) is 0 Å². The number of carbonyl (C=O) groups excluding carboxylic acids is 2. The second-order valence-electron chi connectivity index (χ2n) is 9.10. The average molecular weight is 686 g/mol. The van der Waals surface area contributed by atoms with E-state index in [2.05, 4.69) is 6.58 Å². The van der Waals surface area contributed by atoms with Crippen molar-refractivity contribution in [2.75, 3.05) is 6.61 Å². The zero-order chi connectivity index (χ0) is 31.5. The van der Waals surface area contributed by atoms with Crippen LogP contribution in [0.1, 0.15) is 47.1 Å². The lowest BCUT2D eigenvalue weighted by atomic mass is 10.1. The summed E-state index contributed by atoms with van der Waals surface area (Å²) in [6.07, 6.45) is 1.64. The highest BCUT2D eigenvalue weighted by Crippen LogP contribution is 2.31. The van der Waals surface area contributed by atoms with E-state index < -0.39 is 0 Å². The zero-order valence-electron chi connectivity index (χ0n) is 23.7. The molecule has 0 aliphatic carbocycles. The summed E-state index contributed by atoms with van der Waals surface area (Å²) in [5.41, 5.74) is 2.55. The van der Waals surface area contributed by atoms with E-state index in [-0.39, 0.29) is 42.4 Å². The van der Waals surface area contributed by atoms with Gasteiger partial charge < -0.3 is 19.3 Å². The maximum absolute atomic E-state index is 11.5. The van der Waals surface area contributed by atoms with Gasteiger partial charge in [-0.25, -0.2) is 0 Å². The van der Waals surface area contributed by atoms with E-state index in [1.54, 1.807) is 66.7 Å². The van der Waals surface area contributed by atoms with Gasteiger partial charge in [0.1, 0.15) is 19.8 Å². The van der Waals surface area contributed by atoms with Crippen molar-refractivity contribution in [3.8, 4) is 23.0 Å². The third-order valence-electron chi connectivity index (χ3n) is 5.87. The molecule has 4 rings (SSSR count). The van der Waals surface area contributed by atoms with Crippen molar-refractivity contribution in [3.63, 3.8) is 0 Å². The minimum absolute atomic E-state index is 0. The second kappa shape index (κ2) is 17.5. The van der Waals surface area contributed by atoms with Crippen molar-refractivity contribution in [2.24, 2.45) is 0 Å². The van der Waals surface area contributed by atoms with Crippen LogP contribution in [0.3, 0.4) is 0 Å². The largest absolute Gasteiger partial charge is 0.504 e. The third-order valence-corrected chi connectivity index (χ3v) is 7.04. The third kappa shape index (κ3) is 10.8. The van der Waals surface area contributed by atoms with Crippen molar-refractivity contribution < 1.29 is 35.0 Å². The van der Waals surface area contributed by atoms with Crippen molar-refractivity contribution in [2.45, 2.75) is 27.1 Å². The number of hydrogen-bond acceptors (Lipinski definition) is 6. The maximum Gasteiger partial charge on any atom is 0.162 e. The lowest BCUT2D eigenvalue weighted by Crippen LogP contribution is -2.02. The highest BCUT2D eigenvalue weighted by Gasteiger charge is 2.11. The second-order valence-corrected chi connectivity index (χ2v) is 10.8. The SMILES string of the molecule is C=CCOc1ccc(C(C)=O)cc1OCc1ccc(Cl)cc1Cl.CC(=O)c1ccc(O)c(OCc2ccc(Cl)cc2Cl)c1.F.[3HH]. The monoisotopic (exact) mass is 684 g/mol. The number of halogens is 5. The molecule has 0 radical (unpaired) electrons. The fourth-order valence-electron chi connectivity index (χ4n) is 3.55. The number of benzene rings is 4. The number of phenolic OH excluding ortho intramolecular Hbond substituents is 1. The minimum atomic E-state index is -0.0978. The molecule has 0 aliphatic rings. The van der Waals surface area contributed by atoms with Crippen LogP contribution in [0.15, 0.2) is 85.5 Å². The molecule has 0 unspecified atom stereocenters. The van der Waals surface area contributed by atoms with Crippen molar-refractivity contribution in [3.05, 3.63) is 128 Å². The topological polar surface area (TPSA) is 82.1 Å². The molecular formula is C33H31Cl4FO6. The summed E-state index contributed by atoms with van der Waals surface area (Å²) in [7, 11) is 0. The Kier molecular flexibility index (Phi) is 14.5. The molecule has 44 heavy (non-hydrogen) atoms. The van der Waals surface area contributed by atoms with Crippen LogP contribution in [0.2, 0.25) is 20.1 Å². The van der Waals surface area contributed by atoms with E-state index in [0.717, 1.165) is 11.1 Å². The Bertz CT molecular complexity index is 1630.